The molecule has 0 unspecified atom stereocenters. The molecule has 0 saturated carbocycles. The first-order valence-electron chi connectivity index (χ1n) is 14.3. The van der Waals surface area contributed by atoms with Crippen LogP contribution < -0.4 is 9.64 Å². The maximum absolute atomic E-state index is 14.6. The highest BCUT2D eigenvalue weighted by Gasteiger charge is 2.32. The van der Waals surface area contributed by atoms with Gasteiger partial charge in [0.15, 0.2) is 0 Å². The fraction of sp³-hybridized carbons (Fsp3) is 0.206. The Bertz CT molecular complexity index is 1960. The van der Waals surface area contributed by atoms with Gasteiger partial charge >= 0.3 is 0 Å². The number of hydrogen-bond acceptors (Lipinski definition) is 5. The molecule has 2 aliphatic heterocycles. The van der Waals surface area contributed by atoms with Crippen LogP contribution in [0.1, 0.15) is 43.2 Å². The summed E-state index contributed by atoms with van der Waals surface area (Å²) < 4.78 is 10.0. The Kier molecular flexibility index (Phi) is 6.70. The van der Waals surface area contributed by atoms with Crippen LogP contribution in [0.15, 0.2) is 72.9 Å². The molecule has 9 nitrogen and oxygen atoms in total. The zero-order chi connectivity index (χ0) is 30.7. The van der Waals surface area contributed by atoms with E-state index in [0.717, 1.165) is 28.3 Å². The summed E-state index contributed by atoms with van der Waals surface area (Å²) in [5.41, 5.74) is 7.05. The lowest BCUT2D eigenvalue weighted by Crippen LogP contribution is -2.27. The molecule has 0 radical (unpaired) electrons. The van der Waals surface area contributed by atoms with Gasteiger partial charge in [0, 0.05) is 65.8 Å². The number of aryl methyl sites for hydroxylation is 1. The molecular weight excluding hydrogens is 578 g/mol. The number of rotatable bonds is 1. The molecule has 3 aromatic carbocycles. The van der Waals surface area contributed by atoms with E-state index in [2.05, 4.69) is 5.10 Å². The molecule has 0 saturated heterocycles. The summed E-state index contributed by atoms with van der Waals surface area (Å²) in [5.74, 6) is 0.425. The molecule has 2 aromatic heterocycles. The Hall–Kier alpha value is -5.02. The van der Waals surface area contributed by atoms with E-state index in [9.17, 15) is 14.7 Å². The number of nitrogens with zero attached hydrogens (tertiary/aromatic N) is 5. The van der Waals surface area contributed by atoms with Crippen LogP contribution in [-0.4, -0.2) is 42.8 Å². The zero-order valence-electron chi connectivity index (χ0n) is 24.5. The number of aromatic nitrogens is 3. The Labute approximate surface area is 259 Å². The van der Waals surface area contributed by atoms with Crippen LogP contribution in [0.2, 0.25) is 5.02 Å². The molecule has 10 heteroatoms. The maximum atomic E-state index is 14.6. The number of benzene rings is 3. The molecule has 2 aliphatic rings. The summed E-state index contributed by atoms with van der Waals surface area (Å²) in [7, 11) is 3.72. The van der Waals surface area contributed by atoms with Gasteiger partial charge in [-0.3, -0.25) is 19.2 Å². The number of fused-ring (bicyclic) bond motifs is 6. The van der Waals surface area contributed by atoms with Gasteiger partial charge in [0.1, 0.15) is 11.5 Å². The van der Waals surface area contributed by atoms with Crippen LogP contribution in [0.4, 0.5) is 11.4 Å². The second-order valence-electron chi connectivity index (χ2n) is 11.2. The van der Waals surface area contributed by atoms with Gasteiger partial charge in [-0.25, -0.2) is 0 Å². The van der Waals surface area contributed by atoms with Gasteiger partial charge in [-0.05, 0) is 67.1 Å². The van der Waals surface area contributed by atoms with Crippen LogP contribution in [0, 0.1) is 6.92 Å². The van der Waals surface area contributed by atoms with Gasteiger partial charge < -0.3 is 19.3 Å². The maximum Gasteiger partial charge on any atom is 0.264 e. The van der Waals surface area contributed by atoms with Crippen molar-refractivity contribution in [3.63, 3.8) is 0 Å². The van der Waals surface area contributed by atoms with E-state index in [-0.39, 0.29) is 17.6 Å². The first-order valence-corrected chi connectivity index (χ1v) is 14.7. The number of carbonyl (C=O) groups is 2. The van der Waals surface area contributed by atoms with E-state index >= 15 is 0 Å². The Balaban J connectivity index is 1.45. The minimum atomic E-state index is -0.276. The molecule has 0 aliphatic carbocycles. The van der Waals surface area contributed by atoms with Crippen molar-refractivity contribution in [2.75, 3.05) is 11.5 Å². The molecular formula is C34H30ClN5O4. The fourth-order valence-corrected chi connectivity index (χ4v) is 6.37. The highest BCUT2D eigenvalue weighted by Crippen LogP contribution is 2.38. The number of anilines is 2. The quantitative estimate of drug-likeness (QED) is 0.246. The van der Waals surface area contributed by atoms with Crippen molar-refractivity contribution < 1.29 is 19.4 Å². The molecule has 44 heavy (non-hydrogen) atoms. The third kappa shape index (κ3) is 4.51. The molecule has 222 valence electrons. The largest absolute Gasteiger partial charge is 0.508 e. The number of amides is 2. The van der Waals surface area contributed by atoms with E-state index < -0.39 is 0 Å². The predicted octanol–water partition coefficient (Wildman–Crippen LogP) is 6.16. The van der Waals surface area contributed by atoms with Gasteiger partial charge in [0.25, 0.3) is 11.8 Å². The average Bonchev–Trinajstić information content (AvgIpc) is 3.69. The number of phenols is 1. The Morgan fingerprint density at radius 2 is 1.70 bits per heavy atom. The van der Waals surface area contributed by atoms with Gasteiger partial charge in [0.05, 0.1) is 36.3 Å². The van der Waals surface area contributed by atoms with Crippen LogP contribution in [0.25, 0.3) is 11.3 Å². The Morgan fingerprint density at radius 3 is 2.50 bits per heavy atom. The van der Waals surface area contributed by atoms with Gasteiger partial charge in [-0.15, -0.1) is 0 Å². The molecule has 4 bridgehead atoms. The lowest BCUT2D eigenvalue weighted by molar-refractivity contribution is 0.0751. The van der Waals surface area contributed by atoms with Crippen LogP contribution in [-0.2, 0) is 33.6 Å². The third-order valence-corrected chi connectivity index (χ3v) is 8.90. The minimum Gasteiger partial charge on any atom is -0.508 e. The summed E-state index contributed by atoms with van der Waals surface area (Å²) >= 11 is 6.50. The zero-order valence-corrected chi connectivity index (χ0v) is 25.3. The third-order valence-electron chi connectivity index (χ3n) is 8.67. The van der Waals surface area contributed by atoms with Crippen molar-refractivity contribution in [2.24, 2.45) is 14.1 Å². The van der Waals surface area contributed by atoms with E-state index in [1.165, 1.54) is 0 Å². The number of hydrogen-bond donors (Lipinski definition) is 1. The van der Waals surface area contributed by atoms with E-state index in [4.69, 9.17) is 16.3 Å². The number of halogens is 1. The summed E-state index contributed by atoms with van der Waals surface area (Å²) in [5, 5.41) is 15.0. The van der Waals surface area contributed by atoms with Crippen LogP contribution in [0.3, 0.4) is 0 Å². The standard InChI is InChI=1S/C34H30ClN5O4/c1-20-26-16-30(37(20)2)27-15-22(35)7-12-25(27)33(42)39-18-21-5-4-6-32(28(21)19-39)44-14-13-29-31(17-36-38(29)3)40(34(26)43)23-8-10-24(41)11-9-23/h4-12,15-17,41H,13-14,18-19H2,1-3H3. The molecule has 1 N–H and O–H groups in total. The van der Waals surface area contributed by atoms with E-state index in [1.54, 1.807) is 58.2 Å². The molecule has 0 atom stereocenters. The number of aromatic hydroxyl groups is 1. The molecule has 0 spiro atoms. The summed E-state index contributed by atoms with van der Waals surface area (Å²) in [6.45, 7) is 3.11. The first-order chi connectivity index (χ1) is 21.2. The lowest BCUT2D eigenvalue weighted by Gasteiger charge is -2.23. The second-order valence-corrected chi connectivity index (χ2v) is 11.6. The Morgan fingerprint density at radius 1 is 0.909 bits per heavy atom. The minimum absolute atomic E-state index is 0.0938. The van der Waals surface area contributed by atoms with Crippen molar-refractivity contribution in [3.05, 3.63) is 112 Å². The normalized spacial score (nSPS) is 14.7. The highest BCUT2D eigenvalue weighted by molar-refractivity contribution is 6.31. The van der Waals surface area contributed by atoms with Crippen molar-refractivity contribution in [1.29, 1.82) is 0 Å². The van der Waals surface area contributed by atoms with E-state index in [0.29, 0.717) is 64.9 Å². The SMILES string of the molecule is Cc1c2cc(n1C)-c1cc(Cl)ccc1C(=O)N1Cc3cccc(c3C1)OCCc1c(cnn1C)N(c1ccc(O)cc1)C2=O. The molecule has 0 fully saturated rings. The van der Waals surface area contributed by atoms with Gasteiger partial charge in [-0.2, -0.15) is 5.10 Å². The predicted molar refractivity (Wildman–Crippen MR) is 168 cm³/mol. The number of carbonyl (C=O) groups excluding carboxylic acids is 2. The smallest absolute Gasteiger partial charge is 0.264 e. The number of ether oxygens (including phenoxy) is 1. The second kappa shape index (κ2) is 10.6. The lowest BCUT2D eigenvalue weighted by atomic mass is 10.0. The van der Waals surface area contributed by atoms with Crippen LogP contribution in [0.5, 0.6) is 11.5 Å². The van der Waals surface area contributed by atoms with Crippen molar-refractivity contribution in [3.8, 4) is 22.8 Å². The summed E-state index contributed by atoms with van der Waals surface area (Å²) in [6.07, 6.45) is 2.16. The monoisotopic (exact) mass is 607 g/mol. The molecule has 4 heterocycles. The van der Waals surface area contributed by atoms with Crippen molar-refractivity contribution in [1.82, 2.24) is 19.2 Å². The van der Waals surface area contributed by atoms with E-state index in [1.807, 2.05) is 54.8 Å². The van der Waals surface area contributed by atoms with Gasteiger partial charge in [-0.1, -0.05) is 23.7 Å². The van der Waals surface area contributed by atoms with Gasteiger partial charge in [0.2, 0.25) is 0 Å². The molecule has 7 rings (SSSR count). The van der Waals surface area contributed by atoms with Crippen LogP contribution >= 0.6 is 11.6 Å². The molecule has 2 amide bonds. The summed E-state index contributed by atoms with van der Waals surface area (Å²) in [4.78, 5) is 32.1. The van der Waals surface area contributed by atoms with Crippen molar-refractivity contribution >= 4 is 34.8 Å². The first kappa shape index (κ1) is 27.8. The summed E-state index contributed by atoms with van der Waals surface area (Å²) in [6, 6.07) is 19.5. The average molecular weight is 608 g/mol. The molecule has 5 aromatic rings. The van der Waals surface area contributed by atoms with Crippen molar-refractivity contribution in [2.45, 2.75) is 26.4 Å². The fourth-order valence-electron chi connectivity index (χ4n) is 6.20. The number of phenolic OH excluding ortho intramolecular Hbond substituents is 1. The highest BCUT2D eigenvalue weighted by atomic mass is 35.5. The topological polar surface area (TPSA) is 92.8 Å².